The number of ether oxygens (including phenoxy) is 2. The Kier molecular flexibility index (Phi) is 9.68. The molecule has 2 N–H and O–H groups in total. The van der Waals surface area contributed by atoms with Gasteiger partial charge in [-0.1, -0.05) is 43.2 Å². The summed E-state index contributed by atoms with van der Waals surface area (Å²) in [6, 6.07) is 15.5. The van der Waals surface area contributed by atoms with Gasteiger partial charge in [-0.25, -0.2) is 4.79 Å². The van der Waals surface area contributed by atoms with Gasteiger partial charge in [0.1, 0.15) is 6.61 Å². The zero-order chi connectivity index (χ0) is 26.1. The number of carbonyl (C=O) groups excluding carboxylic acids is 1. The van der Waals surface area contributed by atoms with Gasteiger partial charge in [0.15, 0.2) is 0 Å². The van der Waals surface area contributed by atoms with E-state index in [1.54, 1.807) is 12.1 Å². The van der Waals surface area contributed by atoms with E-state index in [-0.39, 0.29) is 24.7 Å². The molecular formula is C28H36F3N3O3. The van der Waals surface area contributed by atoms with E-state index in [0.717, 1.165) is 75.0 Å². The molecule has 2 aromatic carbocycles. The standard InChI is InChI=1S/C28H36F3N3O3/c29-28(30,31)22-12-14-24(15-13-22)34-16-6-9-23(19-34)32-25-10-4-5-11-26(25)33-27(35)37-18-17-36-20-21-7-2-1-3-8-21/h1-3,7-8,12-15,23,25-26,32H,4-6,9-11,16-20H2,(H,33,35)/t23-,25+,26+/m0/s1. The molecule has 1 aliphatic carbocycles. The van der Waals surface area contributed by atoms with Crippen LogP contribution in [0.25, 0.3) is 0 Å². The largest absolute Gasteiger partial charge is 0.447 e. The Bertz CT molecular complexity index is 972. The van der Waals surface area contributed by atoms with Crippen LogP contribution in [0.3, 0.4) is 0 Å². The molecule has 0 aromatic heterocycles. The molecular weight excluding hydrogens is 483 g/mol. The van der Waals surface area contributed by atoms with E-state index in [9.17, 15) is 18.0 Å². The van der Waals surface area contributed by atoms with Crippen molar-refractivity contribution >= 4 is 11.8 Å². The molecule has 6 nitrogen and oxygen atoms in total. The van der Waals surface area contributed by atoms with Gasteiger partial charge in [0, 0.05) is 36.9 Å². The van der Waals surface area contributed by atoms with Crippen molar-refractivity contribution in [2.75, 3.05) is 31.2 Å². The maximum atomic E-state index is 12.9. The van der Waals surface area contributed by atoms with Gasteiger partial charge in [-0.2, -0.15) is 13.2 Å². The fourth-order valence-electron chi connectivity index (χ4n) is 5.17. The van der Waals surface area contributed by atoms with Gasteiger partial charge in [0.2, 0.25) is 0 Å². The second kappa shape index (κ2) is 13.1. The second-order valence-electron chi connectivity index (χ2n) is 9.81. The summed E-state index contributed by atoms with van der Waals surface area (Å²) in [5.74, 6) is 0. The first-order chi connectivity index (χ1) is 17.9. The number of alkyl carbamates (subject to hydrolysis) is 1. The lowest BCUT2D eigenvalue weighted by molar-refractivity contribution is -0.137. The lowest BCUT2D eigenvalue weighted by Crippen LogP contribution is -2.57. The number of rotatable bonds is 9. The number of hydrogen-bond donors (Lipinski definition) is 2. The van der Waals surface area contributed by atoms with E-state index < -0.39 is 17.8 Å². The van der Waals surface area contributed by atoms with Crippen molar-refractivity contribution < 1.29 is 27.4 Å². The fraction of sp³-hybridized carbons (Fsp3) is 0.536. The van der Waals surface area contributed by atoms with Crippen LogP contribution >= 0.6 is 0 Å². The Balaban J connectivity index is 1.21. The molecule has 2 aliphatic rings. The highest BCUT2D eigenvalue weighted by Gasteiger charge is 2.32. The smallest absolute Gasteiger partial charge is 0.416 e. The molecule has 202 valence electrons. The molecule has 0 unspecified atom stereocenters. The van der Waals surface area contributed by atoms with Crippen LogP contribution in [-0.4, -0.2) is 50.5 Å². The first kappa shape index (κ1) is 27.3. The number of hydrogen-bond acceptors (Lipinski definition) is 5. The van der Waals surface area contributed by atoms with Crippen LogP contribution in [0.2, 0.25) is 0 Å². The summed E-state index contributed by atoms with van der Waals surface area (Å²) in [5.41, 5.74) is 1.24. The molecule has 0 bridgehead atoms. The van der Waals surface area contributed by atoms with Crippen molar-refractivity contribution in [3.05, 3.63) is 65.7 Å². The fourth-order valence-corrected chi connectivity index (χ4v) is 5.17. The second-order valence-corrected chi connectivity index (χ2v) is 9.81. The maximum absolute atomic E-state index is 12.9. The molecule has 1 heterocycles. The average molecular weight is 520 g/mol. The summed E-state index contributed by atoms with van der Waals surface area (Å²) in [6.45, 7) is 2.53. The highest BCUT2D eigenvalue weighted by atomic mass is 19.4. The topological polar surface area (TPSA) is 62.8 Å². The van der Waals surface area contributed by atoms with Crippen molar-refractivity contribution in [3.8, 4) is 0 Å². The normalized spacial score (nSPS) is 22.5. The van der Waals surface area contributed by atoms with Gasteiger partial charge < -0.3 is 25.0 Å². The molecule has 1 saturated carbocycles. The number of piperidine rings is 1. The van der Waals surface area contributed by atoms with Gasteiger partial charge in [0.05, 0.1) is 18.8 Å². The van der Waals surface area contributed by atoms with Crippen LogP contribution in [0.5, 0.6) is 0 Å². The molecule has 9 heteroatoms. The van der Waals surface area contributed by atoms with Crippen LogP contribution in [0, 0.1) is 0 Å². The van der Waals surface area contributed by atoms with E-state index in [1.165, 1.54) is 0 Å². The zero-order valence-electron chi connectivity index (χ0n) is 21.0. The van der Waals surface area contributed by atoms with Crippen molar-refractivity contribution in [1.82, 2.24) is 10.6 Å². The minimum absolute atomic E-state index is 0.0204. The summed E-state index contributed by atoms with van der Waals surface area (Å²) < 4.78 is 49.6. The van der Waals surface area contributed by atoms with Crippen LogP contribution in [0.1, 0.15) is 49.7 Å². The number of halogens is 3. The van der Waals surface area contributed by atoms with Crippen LogP contribution < -0.4 is 15.5 Å². The third-order valence-electron chi connectivity index (χ3n) is 7.07. The number of benzene rings is 2. The van der Waals surface area contributed by atoms with Gasteiger partial charge in [0.25, 0.3) is 0 Å². The number of nitrogens with one attached hydrogen (secondary N) is 2. The Morgan fingerprint density at radius 3 is 2.38 bits per heavy atom. The number of nitrogens with zero attached hydrogens (tertiary/aromatic N) is 1. The molecule has 37 heavy (non-hydrogen) atoms. The first-order valence-corrected chi connectivity index (χ1v) is 13.1. The van der Waals surface area contributed by atoms with E-state index in [4.69, 9.17) is 9.47 Å². The van der Waals surface area contributed by atoms with Crippen molar-refractivity contribution in [2.45, 2.75) is 69.4 Å². The quantitative estimate of drug-likeness (QED) is 0.428. The molecule has 1 aliphatic heterocycles. The van der Waals surface area contributed by atoms with Gasteiger partial charge >= 0.3 is 12.3 Å². The minimum atomic E-state index is -4.33. The Morgan fingerprint density at radius 1 is 0.919 bits per heavy atom. The molecule has 2 aromatic rings. The summed E-state index contributed by atoms with van der Waals surface area (Å²) in [5, 5.41) is 6.76. The Morgan fingerprint density at radius 2 is 1.65 bits per heavy atom. The van der Waals surface area contributed by atoms with Gasteiger partial charge in [-0.05, 0) is 55.5 Å². The third kappa shape index (κ3) is 8.36. The van der Waals surface area contributed by atoms with E-state index in [2.05, 4.69) is 15.5 Å². The van der Waals surface area contributed by atoms with Crippen molar-refractivity contribution in [3.63, 3.8) is 0 Å². The van der Waals surface area contributed by atoms with Crippen LogP contribution in [0.15, 0.2) is 54.6 Å². The Hall–Kier alpha value is -2.78. The molecule has 4 rings (SSSR count). The number of carbonyl (C=O) groups is 1. The van der Waals surface area contributed by atoms with Crippen molar-refractivity contribution in [1.29, 1.82) is 0 Å². The predicted octanol–water partition coefficient (Wildman–Crippen LogP) is 5.52. The Labute approximate surface area is 216 Å². The number of alkyl halides is 3. The van der Waals surface area contributed by atoms with E-state index in [1.807, 2.05) is 30.3 Å². The molecule has 1 amide bonds. The van der Waals surface area contributed by atoms with Crippen LogP contribution in [-0.2, 0) is 22.3 Å². The molecule has 0 radical (unpaired) electrons. The number of amides is 1. The number of anilines is 1. The predicted molar refractivity (Wildman–Crippen MR) is 136 cm³/mol. The SMILES string of the molecule is O=C(N[C@@H]1CCCC[C@H]1N[C@H]1CCCN(c2ccc(C(F)(F)F)cc2)C1)OCCOCc1ccccc1. The zero-order valence-corrected chi connectivity index (χ0v) is 21.0. The summed E-state index contributed by atoms with van der Waals surface area (Å²) >= 11 is 0. The third-order valence-corrected chi connectivity index (χ3v) is 7.07. The monoisotopic (exact) mass is 519 g/mol. The van der Waals surface area contributed by atoms with Crippen molar-refractivity contribution in [2.24, 2.45) is 0 Å². The molecule has 0 spiro atoms. The highest BCUT2D eigenvalue weighted by molar-refractivity contribution is 5.67. The summed E-state index contributed by atoms with van der Waals surface area (Å²) in [4.78, 5) is 14.5. The molecule has 2 fully saturated rings. The molecule has 1 saturated heterocycles. The highest BCUT2D eigenvalue weighted by Crippen LogP contribution is 2.31. The molecule has 3 atom stereocenters. The lowest BCUT2D eigenvalue weighted by Gasteiger charge is -2.40. The van der Waals surface area contributed by atoms with E-state index in [0.29, 0.717) is 13.2 Å². The minimum Gasteiger partial charge on any atom is -0.447 e. The average Bonchev–Trinajstić information content (AvgIpc) is 2.90. The van der Waals surface area contributed by atoms with E-state index >= 15 is 0 Å². The maximum Gasteiger partial charge on any atom is 0.416 e. The lowest BCUT2D eigenvalue weighted by atomic mass is 9.89. The van der Waals surface area contributed by atoms with Crippen LogP contribution in [0.4, 0.5) is 23.7 Å². The first-order valence-electron chi connectivity index (χ1n) is 13.1. The summed E-state index contributed by atoms with van der Waals surface area (Å²) in [7, 11) is 0. The van der Waals surface area contributed by atoms with Gasteiger partial charge in [-0.3, -0.25) is 0 Å². The van der Waals surface area contributed by atoms with Gasteiger partial charge in [-0.15, -0.1) is 0 Å². The summed E-state index contributed by atoms with van der Waals surface area (Å²) in [6.07, 6.45) is 1.16.